The van der Waals surface area contributed by atoms with Gasteiger partial charge in [-0.25, -0.2) is 9.50 Å². The number of nitrogens with zero attached hydrogens (tertiary/aromatic N) is 3. The summed E-state index contributed by atoms with van der Waals surface area (Å²) in [5.74, 6) is 0.832. The molecular formula is C21H19N3O. The van der Waals surface area contributed by atoms with E-state index in [9.17, 15) is 0 Å². The fourth-order valence-electron chi connectivity index (χ4n) is 3.14. The third-order valence-electron chi connectivity index (χ3n) is 4.32. The number of ether oxygens (including phenoxy) is 1. The SMILES string of the molecule is COc1ccc(-c2nn3c(C)cc(C)nc3c2-c2ccccc2)cc1. The standard InChI is InChI=1S/C21H19N3O/c1-14-13-15(2)24-21(22-14)19(16-7-5-4-6-8-16)20(23-24)17-9-11-18(25-3)12-10-17/h4-13H,1-3H3. The molecule has 0 bridgehead atoms. The van der Waals surface area contributed by atoms with Gasteiger partial charge in [0, 0.05) is 17.0 Å². The molecule has 4 rings (SSSR count). The van der Waals surface area contributed by atoms with Gasteiger partial charge in [-0.15, -0.1) is 0 Å². The quantitative estimate of drug-likeness (QED) is 0.547. The molecule has 4 aromatic rings. The van der Waals surface area contributed by atoms with E-state index in [0.29, 0.717) is 0 Å². The maximum absolute atomic E-state index is 5.28. The smallest absolute Gasteiger partial charge is 0.164 e. The van der Waals surface area contributed by atoms with Gasteiger partial charge in [0.15, 0.2) is 5.65 Å². The molecule has 0 aliphatic rings. The molecule has 0 amide bonds. The lowest BCUT2D eigenvalue weighted by molar-refractivity contribution is 0.415. The van der Waals surface area contributed by atoms with Gasteiger partial charge in [0.05, 0.1) is 12.7 Å². The number of methoxy groups -OCH3 is 1. The predicted molar refractivity (Wildman–Crippen MR) is 99.9 cm³/mol. The molecule has 0 aliphatic heterocycles. The number of hydrogen-bond donors (Lipinski definition) is 0. The van der Waals surface area contributed by atoms with Crippen LogP contribution >= 0.6 is 0 Å². The first-order chi connectivity index (χ1) is 12.2. The first-order valence-corrected chi connectivity index (χ1v) is 8.24. The number of fused-ring (bicyclic) bond motifs is 1. The summed E-state index contributed by atoms with van der Waals surface area (Å²) >= 11 is 0. The van der Waals surface area contributed by atoms with E-state index in [1.54, 1.807) is 7.11 Å². The van der Waals surface area contributed by atoms with E-state index in [1.807, 2.05) is 60.0 Å². The zero-order valence-corrected chi connectivity index (χ0v) is 14.5. The molecule has 2 aromatic heterocycles. The first-order valence-electron chi connectivity index (χ1n) is 8.24. The summed E-state index contributed by atoms with van der Waals surface area (Å²) < 4.78 is 7.20. The summed E-state index contributed by atoms with van der Waals surface area (Å²) in [7, 11) is 1.67. The van der Waals surface area contributed by atoms with Crippen molar-refractivity contribution in [2.45, 2.75) is 13.8 Å². The Hall–Kier alpha value is -3.14. The van der Waals surface area contributed by atoms with Crippen LogP contribution in [0.1, 0.15) is 11.4 Å². The van der Waals surface area contributed by atoms with Crippen molar-refractivity contribution in [1.29, 1.82) is 0 Å². The van der Waals surface area contributed by atoms with Crippen LogP contribution in [0.3, 0.4) is 0 Å². The number of aromatic nitrogens is 3. The Kier molecular flexibility index (Phi) is 3.73. The minimum atomic E-state index is 0.832. The normalized spacial score (nSPS) is 11.0. The summed E-state index contributed by atoms with van der Waals surface area (Å²) in [6.07, 6.45) is 0. The Morgan fingerprint density at radius 3 is 2.28 bits per heavy atom. The molecule has 0 atom stereocenters. The summed E-state index contributed by atoms with van der Waals surface area (Å²) in [6.45, 7) is 4.07. The molecule has 0 saturated heterocycles. The fourth-order valence-corrected chi connectivity index (χ4v) is 3.14. The molecule has 2 aromatic carbocycles. The maximum atomic E-state index is 5.28. The van der Waals surface area contributed by atoms with Crippen molar-refractivity contribution in [3.63, 3.8) is 0 Å². The van der Waals surface area contributed by atoms with Crippen LogP contribution in [0.2, 0.25) is 0 Å². The topological polar surface area (TPSA) is 39.4 Å². The van der Waals surface area contributed by atoms with Crippen LogP contribution in [0.4, 0.5) is 0 Å². The van der Waals surface area contributed by atoms with Crippen LogP contribution in [0, 0.1) is 13.8 Å². The van der Waals surface area contributed by atoms with Crippen molar-refractivity contribution in [2.75, 3.05) is 7.11 Å². The van der Waals surface area contributed by atoms with Gasteiger partial charge in [0.2, 0.25) is 0 Å². The van der Waals surface area contributed by atoms with Crippen LogP contribution < -0.4 is 4.74 Å². The molecule has 25 heavy (non-hydrogen) atoms. The van der Waals surface area contributed by atoms with Crippen LogP contribution in [0.5, 0.6) is 5.75 Å². The molecule has 2 heterocycles. The summed E-state index contributed by atoms with van der Waals surface area (Å²) in [6, 6.07) is 20.3. The molecule has 0 saturated carbocycles. The molecule has 0 unspecified atom stereocenters. The van der Waals surface area contributed by atoms with Gasteiger partial charge in [0.25, 0.3) is 0 Å². The molecule has 0 N–H and O–H groups in total. The van der Waals surface area contributed by atoms with Crippen molar-refractivity contribution in [1.82, 2.24) is 14.6 Å². The maximum Gasteiger partial charge on any atom is 0.164 e. The number of benzene rings is 2. The second-order valence-electron chi connectivity index (χ2n) is 6.09. The minimum Gasteiger partial charge on any atom is -0.497 e. The van der Waals surface area contributed by atoms with Gasteiger partial charge in [-0.05, 0) is 49.7 Å². The van der Waals surface area contributed by atoms with Gasteiger partial charge in [-0.3, -0.25) is 0 Å². The van der Waals surface area contributed by atoms with Gasteiger partial charge in [-0.2, -0.15) is 5.10 Å². The van der Waals surface area contributed by atoms with Crippen molar-refractivity contribution in [3.8, 4) is 28.1 Å². The monoisotopic (exact) mass is 329 g/mol. The predicted octanol–water partition coefficient (Wildman–Crippen LogP) is 4.69. The number of hydrogen-bond acceptors (Lipinski definition) is 3. The zero-order chi connectivity index (χ0) is 17.4. The largest absolute Gasteiger partial charge is 0.497 e. The van der Waals surface area contributed by atoms with Crippen LogP contribution in [0.15, 0.2) is 60.7 Å². The Balaban J connectivity index is 2.04. The fraction of sp³-hybridized carbons (Fsp3) is 0.143. The molecule has 4 heteroatoms. The minimum absolute atomic E-state index is 0.832. The Labute approximate surface area is 146 Å². The molecule has 0 fully saturated rings. The Morgan fingerprint density at radius 2 is 1.60 bits per heavy atom. The van der Waals surface area contributed by atoms with Crippen LogP contribution in [-0.4, -0.2) is 21.7 Å². The summed E-state index contributed by atoms with van der Waals surface area (Å²) in [4.78, 5) is 4.77. The van der Waals surface area contributed by atoms with Crippen molar-refractivity contribution in [3.05, 3.63) is 72.1 Å². The second kappa shape index (κ2) is 6.06. The first kappa shape index (κ1) is 15.4. The van der Waals surface area contributed by atoms with E-state index in [0.717, 1.165) is 45.2 Å². The highest BCUT2D eigenvalue weighted by molar-refractivity contribution is 5.90. The average Bonchev–Trinajstić information content (AvgIpc) is 3.02. The molecular weight excluding hydrogens is 310 g/mol. The number of rotatable bonds is 3. The van der Waals surface area contributed by atoms with Gasteiger partial charge in [0.1, 0.15) is 11.4 Å². The highest BCUT2D eigenvalue weighted by Crippen LogP contribution is 2.35. The van der Waals surface area contributed by atoms with E-state index in [2.05, 4.69) is 19.1 Å². The van der Waals surface area contributed by atoms with Crippen molar-refractivity contribution in [2.24, 2.45) is 0 Å². The molecule has 4 nitrogen and oxygen atoms in total. The van der Waals surface area contributed by atoms with Gasteiger partial charge >= 0.3 is 0 Å². The molecule has 0 spiro atoms. The third-order valence-corrected chi connectivity index (χ3v) is 4.32. The van der Waals surface area contributed by atoms with Gasteiger partial charge in [-0.1, -0.05) is 30.3 Å². The van der Waals surface area contributed by atoms with Crippen LogP contribution in [-0.2, 0) is 0 Å². The van der Waals surface area contributed by atoms with Crippen LogP contribution in [0.25, 0.3) is 28.0 Å². The highest BCUT2D eigenvalue weighted by atomic mass is 16.5. The number of aryl methyl sites for hydroxylation is 2. The van der Waals surface area contributed by atoms with Crippen molar-refractivity contribution >= 4 is 5.65 Å². The Morgan fingerprint density at radius 1 is 0.880 bits per heavy atom. The lowest BCUT2D eigenvalue weighted by atomic mass is 10.0. The highest BCUT2D eigenvalue weighted by Gasteiger charge is 2.18. The van der Waals surface area contributed by atoms with Crippen molar-refractivity contribution < 1.29 is 4.74 Å². The second-order valence-corrected chi connectivity index (χ2v) is 6.09. The van der Waals surface area contributed by atoms with E-state index in [1.165, 1.54) is 0 Å². The molecule has 0 radical (unpaired) electrons. The lowest BCUT2D eigenvalue weighted by Gasteiger charge is -2.05. The lowest BCUT2D eigenvalue weighted by Crippen LogP contribution is -1.97. The molecule has 124 valence electrons. The van der Waals surface area contributed by atoms with Gasteiger partial charge < -0.3 is 4.74 Å². The molecule has 0 aliphatic carbocycles. The van der Waals surface area contributed by atoms with E-state index in [4.69, 9.17) is 14.8 Å². The third kappa shape index (κ3) is 2.66. The van der Waals surface area contributed by atoms with E-state index >= 15 is 0 Å². The summed E-state index contributed by atoms with van der Waals surface area (Å²) in [5.41, 5.74) is 7.08. The average molecular weight is 329 g/mol. The summed E-state index contributed by atoms with van der Waals surface area (Å²) in [5, 5.41) is 4.87. The van der Waals surface area contributed by atoms with E-state index in [-0.39, 0.29) is 0 Å². The Bertz CT molecular complexity index is 1030. The zero-order valence-electron chi connectivity index (χ0n) is 14.5. The van der Waals surface area contributed by atoms with E-state index < -0.39 is 0 Å².